The molecule has 0 spiro atoms. The highest BCUT2D eigenvalue weighted by atomic mass is 32.1. The molecule has 0 aliphatic heterocycles. The zero-order chi connectivity index (χ0) is 21.9. The molecule has 1 N–H and O–H groups in total. The molecule has 0 unspecified atom stereocenters. The predicted octanol–water partition coefficient (Wildman–Crippen LogP) is 6.65. The Morgan fingerprint density at radius 1 is 1.00 bits per heavy atom. The van der Waals surface area contributed by atoms with Gasteiger partial charge in [0, 0.05) is 17.3 Å². The Balaban J connectivity index is 1.35. The molecule has 0 saturated heterocycles. The molecule has 32 heavy (non-hydrogen) atoms. The van der Waals surface area contributed by atoms with Gasteiger partial charge in [-0.3, -0.25) is 0 Å². The van der Waals surface area contributed by atoms with Crippen LogP contribution in [0.15, 0.2) is 48.7 Å². The van der Waals surface area contributed by atoms with E-state index in [4.69, 9.17) is 9.84 Å². The lowest BCUT2D eigenvalue weighted by molar-refractivity contribution is -0.00613. The molecule has 4 fully saturated rings. The quantitative estimate of drug-likeness (QED) is 0.477. The van der Waals surface area contributed by atoms with Crippen LogP contribution in [0.5, 0.6) is 5.75 Å². The number of aromatic nitrogens is 1. The summed E-state index contributed by atoms with van der Waals surface area (Å²) in [6.07, 6.45) is 10.2. The standard InChI is InChI=1S/C27H27NO3S/c1-31-23-7-6-21(11-22(23)27-12-16-8-17(13-27)10-18(9-16)14-27)24-15-28-25(32-24)19-2-4-20(5-3-19)26(29)30/h2-7,11,15-18H,8-10,12-14H2,1H3,(H,29,30). The van der Waals surface area contributed by atoms with Crippen LogP contribution in [0.25, 0.3) is 21.0 Å². The second-order valence-corrected chi connectivity index (χ2v) is 11.1. The van der Waals surface area contributed by atoms with Crippen LogP contribution in [0, 0.1) is 17.8 Å². The molecule has 3 aromatic rings. The van der Waals surface area contributed by atoms with Gasteiger partial charge in [0.15, 0.2) is 0 Å². The van der Waals surface area contributed by atoms with Crippen LogP contribution in [0.4, 0.5) is 0 Å². The molecule has 4 saturated carbocycles. The van der Waals surface area contributed by atoms with Crippen LogP contribution in [0.2, 0.25) is 0 Å². The SMILES string of the molecule is COc1ccc(-c2cnc(-c3ccc(C(=O)O)cc3)s2)cc1C12CC3CC(CC(C3)C1)C2. The molecule has 0 atom stereocenters. The average Bonchev–Trinajstić information content (AvgIpc) is 3.28. The maximum absolute atomic E-state index is 11.1. The molecule has 2 aromatic carbocycles. The number of rotatable bonds is 5. The predicted molar refractivity (Wildman–Crippen MR) is 126 cm³/mol. The van der Waals surface area contributed by atoms with Gasteiger partial charge in [-0.2, -0.15) is 0 Å². The number of carboxylic acid groups (broad SMARTS) is 1. The van der Waals surface area contributed by atoms with Crippen molar-refractivity contribution in [2.45, 2.75) is 43.9 Å². The summed E-state index contributed by atoms with van der Waals surface area (Å²) in [7, 11) is 1.80. The van der Waals surface area contributed by atoms with Gasteiger partial charge in [-0.15, -0.1) is 11.3 Å². The van der Waals surface area contributed by atoms with Crippen LogP contribution in [-0.4, -0.2) is 23.2 Å². The molecular formula is C27H27NO3S. The fourth-order valence-electron chi connectivity index (χ4n) is 7.01. The van der Waals surface area contributed by atoms with Gasteiger partial charge in [0.2, 0.25) is 0 Å². The Hall–Kier alpha value is -2.66. The molecule has 5 heteroatoms. The molecule has 4 nitrogen and oxygen atoms in total. The van der Waals surface area contributed by atoms with Crippen molar-refractivity contribution in [2.75, 3.05) is 7.11 Å². The molecule has 0 amide bonds. The van der Waals surface area contributed by atoms with Crippen LogP contribution in [0.3, 0.4) is 0 Å². The Morgan fingerprint density at radius 3 is 2.22 bits per heavy atom. The van der Waals surface area contributed by atoms with Crippen LogP contribution in [-0.2, 0) is 5.41 Å². The Kier molecular flexibility index (Phi) is 4.65. The summed E-state index contributed by atoms with van der Waals surface area (Å²) in [6.45, 7) is 0. The first-order valence-corrected chi connectivity index (χ1v) is 12.3. The van der Waals surface area contributed by atoms with Gasteiger partial charge in [0.1, 0.15) is 10.8 Å². The van der Waals surface area contributed by atoms with E-state index >= 15 is 0 Å². The highest BCUT2D eigenvalue weighted by Crippen LogP contribution is 2.62. The minimum atomic E-state index is -0.910. The minimum absolute atomic E-state index is 0.274. The van der Waals surface area contributed by atoms with Crippen molar-refractivity contribution in [1.29, 1.82) is 0 Å². The maximum Gasteiger partial charge on any atom is 0.335 e. The number of ether oxygens (including phenoxy) is 1. The third kappa shape index (κ3) is 3.25. The van der Waals surface area contributed by atoms with E-state index in [1.54, 1.807) is 30.6 Å². The summed E-state index contributed by atoms with van der Waals surface area (Å²) >= 11 is 1.65. The van der Waals surface area contributed by atoms with E-state index in [0.717, 1.165) is 39.0 Å². The third-order valence-corrected chi connectivity index (χ3v) is 9.07. The van der Waals surface area contributed by atoms with Crippen molar-refractivity contribution in [3.63, 3.8) is 0 Å². The van der Waals surface area contributed by atoms with E-state index in [9.17, 15) is 4.79 Å². The maximum atomic E-state index is 11.1. The topological polar surface area (TPSA) is 59.4 Å². The number of hydrogen-bond acceptors (Lipinski definition) is 4. The fourth-order valence-corrected chi connectivity index (χ4v) is 7.93. The lowest BCUT2D eigenvalue weighted by Crippen LogP contribution is -2.48. The van der Waals surface area contributed by atoms with Gasteiger partial charge in [0.25, 0.3) is 0 Å². The first-order valence-electron chi connectivity index (χ1n) is 11.5. The first kappa shape index (κ1) is 20.0. The molecule has 4 aliphatic rings. The number of aromatic carboxylic acids is 1. The van der Waals surface area contributed by atoms with Crippen molar-refractivity contribution >= 4 is 17.3 Å². The summed E-state index contributed by atoms with van der Waals surface area (Å²) in [5.74, 6) is 2.78. The van der Waals surface area contributed by atoms with E-state index in [1.165, 1.54) is 49.7 Å². The van der Waals surface area contributed by atoms with Gasteiger partial charge in [-0.05, 0) is 97.6 Å². The molecule has 4 aliphatic carbocycles. The number of nitrogens with zero attached hydrogens (tertiary/aromatic N) is 1. The van der Waals surface area contributed by atoms with E-state index in [1.807, 2.05) is 18.3 Å². The monoisotopic (exact) mass is 445 g/mol. The number of carbonyl (C=O) groups is 1. The van der Waals surface area contributed by atoms with Crippen LogP contribution < -0.4 is 4.74 Å². The van der Waals surface area contributed by atoms with Crippen molar-refractivity contribution in [1.82, 2.24) is 4.98 Å². The zero-order valence-corrected chi connectivity index (χ0v) is 19.0. The van der Waals surface area contributed by atoms with Crippen LogP contribution >= 0.6 is 11.3 Å². The van der Waals surface area contributed by atoms with Gasteiger partial charge in [-0.1, -0.05) is 12.1 Å². The van der Waals surface area contributed by atoms with Crippen molar-refractivity contribution in [3.05, 3.63) is 59.8 Å². The van der Waals surface area contributed by atoms with E-state index < -0.39 is 5.97 Å². The lowest BCUT2D eigenvalue weighted by atomic mass is 9.48. The Morgan fingerprint density at radius 2 is 1.62 bits per heavy atom. The summed E-state index contributed by atoms with van der Waals surface area (Å²) in [5, 5.41) is 10.0. The van der Waals surface area contributed by atoms with E-state index in [0.29, 0.717) is 5.56 Å². The van der Waals surface area contributed by atoms with E-state index in [2.05, 4.69) is 23.2 Å². The summed E-state index contributed by atoms with van der Waals surface area (Å²) < 4.78 is 5.87. The second-order valence-electron chi connectivity index (χ2n) is 10.0. The summed E-state index contributed by atoms with van der Waals surface area (Å²) in [5.41, 5.74) is 4.11. The molecule has 4 bridgehead atoms. The van der Waals surface area contributed by atoms with Crippen molar-refractivity contribution in [3.8, 4) is 26.8 Å². The average molecular weight is 446 g/mol. The molecule has 164 valence electrons. The number of benzene rings is 2. The highest BCUT2D eigenvalue weighted by molar-refractivity contribution is 7.18. The summed E-state index contributed by atoms with van der Waals surface area (Å²) in [6, 6.07) is 13.6. The second kappa shape index (κ2) is 7.45. The van der Waals surface area contributed by atoms with Crippen molar-refractivity contribution in [2.24, 2.45) is 17.8 Å². The Bertz CT molecular complexity index is 1140. The first-order chi connectivity index (χ1) is 15.5. The molecule has 7 rings (SSSR count). The smallest absolute Gasteiger partial charge is 0.335 e. The number of carboxylic acids is 1. The minimum Gasteiger partial charge on any atom is -0.496 e. The fraction of sp³-hybridized carbons (Fsp3) is 0.407. The Labute approximate surface area is 192 Å². The molecular weight excluding hydrogens is 418 g/mol. The zero-order valence-electron chi connectivity index (χ0n) is 18.2. The molecule has 1 aromatic heterocycles. The van der Waals surface area contributed by atoms with Gasteiger partial charge in [-0.25, -0.2) is 9.78 Å². The van der Waals surface area contributed by atoms with E-state index in [-0.39, 0.29) is 5.41 Å². The van der Waals surface area contributed by atoms with Gasteiger partial charge >= 0.3 is 5.97 Å². The number of methoxy groups -OCH3 is 1. The van der Waals surface area contributed by atoms with Gasteiger partial charge < -0.3 is 9.84 Å². The highest BCUT2D eigenvalue weighted by Gasteiger charge is 2.52. The third-order valence-electron chi connectivity index (χ3n) is 7.98. The van der Waals surface area contributed by atoms with Crippen molar-refractivity contribution < 1.29 is 14.6 Å². The lowest BCUT2D eigenvalue weighted by Gasteiger charge is -2.57. The van der Waals surface area contributed by atoms with Crippen LogP contribution in [0.1, 0.15) is 54.4 Å². The number of hydrogen-bond donors (Lipinski definition) is 1. The normalized spacial score (nSPS) is 28.1. The molecule has 1 heterocycles. The number of thiazole rings is 1. The van der Waals surface area contributed by atoms with Gasteiger partial charge in [0.05, 0.1) is 17.6 Å². The molecule has 0 radical (unpaired) electrons. The largest absolute Gasteiger partial charge is 0.496 e. The summed E-state index contributed by atoms with van der Waals surface area (Å²) in [4.78, 5) is 16.9.